The molecule has 1 saturated heterocycles. The van der Waals surface area contributed by atoms with Crippen LogP contribution >= 0.6 is 0 Å². The van der Waals surface area contributed by atoms with E-state index >= 15 is 0 Å². The SMILES string of the molecule is COCN1CCOCCOCCOCCOCC1. The quantitative estimate of drug-likeness (QED) is 0.697. The third-order valence-electron chi connectivity index (χ3n) is 2.53. The first kappa shape index (κ1) is 15.8. The molecular weight excluding hydrogens is 238 g/mol. The van der Waals surface area contributed by atoms with Crippen molar-refractivity contribution in [1.82, 2.24) is 4.90 Å². The van der Waals surface area contributed by atoms with Crippen molar-refractivity contribution < 1.29 is 23.7 Å². The molecule has 0 bridgehead atoms. The molecule has 0 amide bonds. The molecule has 1 heterocycles. The fourth-order valence-corrected chi connectivity index (χ4v) is 1.57. The lowest BCUT2D eigenvalue weighted by molar-refractivity contribution is 0.00206. The Bertz CT molecular complexity index is 166. The molecule has 0 spiro atoms. The van der Waals surface area contributed by atoms with Gasteiger partial charge in [0, 0.05) is 20.2 Å². The second-order valence-electron chi connectivity index (χ2n) is 3.99. The lowest BCUT2D eigenvalue weighted by atomic mass is 10.5. The molecule has 1 rings (SSSR count). The maximum absolute atomic E-state index is 5.48. The fourth-order valence-electron chi connectivity index (χ4n) is 1.57. The second-order valence-corrected chi connectivity index (χ2v) is 3.99. The third kappa shape index (κ3) is 8.79. The Balaban J connectivity index is 2.20. The van der Waals surface area contributed by atoms with Crippen molar-refractivity contribution in [2.75, 3.05) is 79.8 Å². The molecule has 0 unspecified atom stereocenters. The van der Waals surface area contributed by atoms with Crippen LogP contribution in [0.5, 0.6) is 0 Å². The van der Waals surface area contributed by atoms with Crippen LogP contribution in [0.4, 0.5) is 0 Å². The molecule has 0 aromatic rings. The van der Waals surface area contributed by atoms with Crippen LogP contribution in [0, 0.1) is 0 Å². The van der Waals surface area contributed by atoms with Gasteiger partial charge in [0.05, 0.1) is 59.6 Å². The van der Waals surface area contributed by atoms with Gasteiger partial charge < -0.3 is 23.7 Å². The molecule has 0 radical (unpaired) electrons. The van der Waals surface area contributed by atoms with Crippen LogP contribution in [-0.4, -0.2) is 84.7 Å². The van der Waals surface area contributed by atoms with Crippen LogP contribution in [0.25, 0.3) is 0 Å². The van der Waals surface area contributed by atoms with Gasteiger partial charge in [0.15, 0.2) is 0 Å². The summed E-state index contributed by atoms with van der Waals surface area (Å²) < 4.78 is 26.8. The summed E-state index contributed by atoms with van der Waals surface area (Å²) in [6.45, 7) is 7.34. The Morgan fingerprint density at radius 3 is 1.50 bits per heavy atom. The van der Waals surface area contributed by atoms with Gasteiger partial charge in [-0.05, 0) is 0 Å². The van der Waals surface area contributed by atoms with Crippen LogP contribution < -0.4 is 0 Å². The summed E-state index contributed by atoms with van der Waals surface area (Å²) in [4.78, 5) is 2.15. The van der Waals surface area contributed by atoms with Crippen LogP contribution in [0.15, 0.2) is 0 Å². The van der Waals surface area contributed by atoms with Crippen molar-refractivity contribution in [1.29, 1.82) is 0 Å². The fraction of sp³-hybridized carbons (Fsp3) is 1.00. The summed E-state index contributed by atoms with van der Waals surface area (Å²) in [5, 5.41) is 0. The van der Waals surface area contributed by atoms with Gasteiger partial charge >= 0.3 is 0 Å². The second kappa shape index (κ2) is 11.8. The molecule has 0 saturated carbocycles. The zero-order valence-electron chi connectivity index (χ0n) is 11.3. The van der Waals surface area contributed by atoms with Gasteiger partial charge in [-0.2, -0.15) is 0 Å². The summed E-state index contributed by atoms with van der Waals surface area (Å²) in [6, 6.07) is 0. The average molecular weight is 263 g/mol. The molecule has 0 N–H and O–H groups in total. The predicted octanol–water partition coefficient (Wildman–Crippen LogP) is -0.0277. The molecule has 18 heavy (non-hydrogen) atoms. The summed E-state index contributed by atoms with van der Waals surface area (Å²) in [7, 11) is 1.69. The Hall–Kier alpha value is -0.240. The van der Waals surface area contributed by atoms with E-state index in [1.165, 1.54) is 0 Å². The van der Waals surface area contributed by atoms with Crippen LogP contribution in [-0.2, 0) is 23.7 Å². The van der Waals surface area contributed by atoms with Crippen LogP contribution in [0.2, 0.25) is 0 Å². The molecular formula is C12H25NO5. The lowest BCUT2D eigenvalue weighted by Gasteiger charge is -2.20. The minimum atomic E-state index is 0.597. The highest BCUT2D eigenvalue weighted by Crippen LogP contribution is 1.92. The van der Waals surface area contributed by atoms with Gasteiger partial charge in [-0.1, -0.05) is 0 Å². The third-order valence-corrected chi connectivity index (χ3v) is 2.53. The average Bonchev–Trinajstić information content (AvgIpc) is 2.39. The normalized spacial score (nSPS) is 23.2. The minimum Gasteiger partial charge on any atom is -0.378 e. The van der Waals surface area contributed by atoms with Gasteiger partial charge in [0.1, 0.15) is 0 Å². The van der Waals surface area contributed by atoms with Crippen molar-refractivity contribution in [2.45, 2.75) is 0 Å². The van der Waals surface area contributed by atoms with Crippen molar-refractivity contribution in [3.05, 3.63) is 0 Å². The Kier molecular flexibility index (Phi) is 10.4. The lowest BCUT2D eigenvalue weighted by Crippen LogP contribution is -2.33. The Morgan fingerprint density at radius 2 is 1.11 bits per heavy atom. The van der Waals surface area contributed by atoms with Crippen molar-refractivity contribution in [2.24, 2.45) is 0 Å². The van der Waals surface area contributed by atoms with E-state index in [4.69, 9.17) is 23.7 Å². The monoisotopic (exact) mass is 263 g/mol. The van der Waals surface area contributed by atoms with Gasteiger partial charge in [-0.3, -0.25) is 4.90 Å². The Morgan fingerprint density at radius 1 is 0.722 bits per heavy atom. The molecule has 0 aromatic heterocycles. The molecule has 0 aliphatic carbocycles. The maximum Gasteiger partial charge on any atom is 0.0987 e. The summed E-state index contributed by atoms with van der Waals surface area (Å²) in [6.07, 6.45) is 0. The van der Waals surface area contributed by atoms with E-state index in [0.717, 1.165) is 13.1 Å². The standard InChI is InChI=1S/C12H25NO5/c1-14-12-13-2-4-15-6-8-17-10-11-18-9-7-16-5-3-13/h2-12H2,1H3. The molecule has 0 aromatic carbocycles. The van der Waals surface area contributed by atoms with E-state index in [9.17, 15) is 0 Å². The number of nitrogens with zero attached hydrogens (tertiary/aromatic N) is 1. The van der Waals surface area contributed by atoms with E-state index in [2.05, 4.69) is 4.90 Å². The zero-order valence-corrected chi connectivity index (χ0v) is 11.3. The summed E-state index contributed by atoms with van der Waals surface area (Å²) in [5.41, 5.74) is 0. The molecule has 0 atom stereocenters. The summed E-state index contributed by atoms with van der Waals surface area (Å²) >= 11 is 0. The van der Waals surface area contributed by atoms with Gasteiger partial charge in [-0.15, -0.1) is 0 Å². The van der Waals surface area contributed by atoms with E-state index in [1.54, 1.807) is 7.11 Å². The van der Waals surface area contributed by atoms with E-state index in [-0.39, 0.29) is 0 Å². The van der Waals surface area contributed by atoms with Gasteiger partial charge in [-0.25, -0.2) is 0 Å². The highest BCUT2D eigenvalue weighted by Gasteiger charge is 2.04. The highest BCUT2D eigenvalue weighted by atomic mass is 16.6. The number of ether oxygens (including phenoxy) is 5. The first-order chi connectivity index (χ1) is 8.93. The maximum atomic E-state index is 5.48. The predicted molar refractivity (Wildman–Crippen MR) is 66.7 cm³/mol. The van der Waals surface area contributed by atoms with Crippen molar-refractivity contribution in [3.63, 3.8) is 0 Å². The Labute approximate surface area is 109 Å². The largest absolute Gasteiger partial charge is 0.378 e. The number of hydrogen-bond acceptors (Lipinski definition) is 6. The smallest absolute Gasteiger partial charge is 0.0987 e. The van der Waals surface area contributed by atoms with E-state index in [0.29, 0.717) is 59.6 Å². The van der Waals surface area contributed by atoms with Crippen molar-refractivity contribution >= 4 is 0 Å². The molecule has 1 fully saturated rings. The van der Waals surface area contributed by atoms with Gasteiger partial charge in [0.25, 0.3) is 0 Å². The first-order valence-corrected chi connectivity index (χ1v) is 6.46. The topological polar surface area (TPSA) is 49.4 Å². The van der Waals surface area contributed by atoms with E-state index in [1.807, 2.05) is 0 Å². The number of methoxy groups -OCH3 is 1. The van der Waals surface area contributed by atoms with Gasteiger partial charge in [0.2, 0.25) is 0 Å². The summed E-state index contributed by atoms with van der Waals surface area (Å²) in [5.74, 6) is 0. The van der Waals surface area contributed by atoms with Crippen molar-refractivity contribution in [3.8, 4) is 0 Å². The minimum absolute atomic E-state index is 0.597. The highest BCUT2D eigenvalue weighted by molar-refractivity contribution is 4.52. The first-order valence-electron chi connectivity index (χ1n) is 6.46. The van der Waals surface area contributed by atoms with Crippen LogP contribution in [0.3, 0.4) is 0 Å². The molecule has 1 aliphatic heterocycles. The molecule has 6 heteroatoms. The molecule has 108 valence electrons. The zero-order chi connectivity index (χ0) is 12.9. The number of hydrogen-bond donors (Lipinski definition) is 0. The van der Waals surface area contributed by atoms with E-state index < -0.39 is 0 Å². The number of rotatable bonds is 2. The molecule has 6 nitrogen and oxygen atoms in total. The molecule has 1 aliphatic rings. The van der Waals surface area contributed by atoms with Crippen LogP contribution in [0.1, 0.15) is 0 Å².